The molecule has 2 rings (SSSR count). The molecule has 0 aliphatic rings. The molecule has 16 heavy (non-hydrogen) atoms. The SMILES string of the molecule is CC(=O)Nc1nc(-c2ccc(I)cc2)cs1. The molecular weight excluding hydrogens is 335 g/mol. The Hall–Kier alpha value is -0.950. The van der Waals surface area contributed by atoms with Gasteiger partial charge in [0.15, 0.2) is 5.13 Å². The number of hydrogen-bond donors (Lipinski definition) is 1. The minimum atomic E-state index is -0.0940. The smallest absolute Gasteiger partial charge is 0.223 e. The Balaban J connectivity index is 2.24. The van der Waals surface area contributed by atoms with E-state index in [4.69, 9.17) is 0 Å². The number of nitrogens with zero attached hydrogens (tertiary/aromatic N) is 1. The molecule has 0 saturated carbocycles. The average molecular weight is 344 g/mol. The minimum Gasteiger partial charge on any atom is -0.302 e. The highest BCUT2D eigenvalue weighted by molar-refractivity contribution is 14.1. The molecule has 1 aromatic carbocycles. The van der Waals surface area contributed by atoms with Crippen LogP contribution in [-0.4, -0.2) is 10.9 Å². The van der Waals surface area contributed by atoms with Crippen molar-refractivity contribution >= 4 is 45.0 Å². The van der Waals surface area contributed by atoms with Crippen molar-refractivity contribution in [3.63, 3.8) is 0 Å². The predicted octanol–water partition coefficient (Wildman–Crippen LogP) is 3.37. The number of nitrogens with one attached hydrogen (secondary N) is 1. The number of anilines is 1. The zero-order chi connectivity index (χ0) is 11.5. The summed E-state index contributed by atoms with van der Waals surface area (Å²) in [5.74, 6) is -0.0940. The molecule has 0 bridgehead atoms. The topological polar surface area (TPSA) is 42.0 Å². The van der Waals surface area contributed by atoms with Crippen molar-refractivity contribution in [3.05, 3.63) is 33.2 Å². The van der Waals surface area contributed by atoms with Gasteiger partial charge in [0, 0.05) is 21.4 Å². The van der Waals surface area contributed by atoms with Crippen LogP contribution in [0.5, 0.6) is 0 Å². The van der Waals surface area contributed by atoms with E-state index < -0.39 is 0 Å². The number of amides is 1. The number of rotatable bonds is 2. The predicted molar refractivity (Wildman–Crippen MR) is 74.6 cm³/mol. The lowest BCUT2D eigenvalue weighted by Crippen LogP contribution is -2.04. The van der Waals surface area contributed by atoms with E-state index in [1.807, 2.05) is 29.6 Å². The molecule has 3 nitrogen and oxygen atoms in total. The molecule has 2 aromatic rings. The van der Waals surface area contributed by atoms with Gasteiger partial charge in [-0.3, -0.25) is 4.79 Å². The summed E-state index contributed by atoms with van der Waals surface area (Å²) in [6, 6.07) is 8.11. The van der Waals surface area contributed by atoms with Gasteiger partial charge in [-0.2, -0.15) is 0 Å². The first-order chi connectivity index (χ1) is 7.65. The molecule has 1 amide bonds. The zero-order valence-corrected chi connectivity index (χ0v) is 11.5. The van der Waals surface area contributed by atoms with Gasteiger partial charge in [0.2, 0.25) is 5.91 Å². The normalized spacial score (nSPS) is 10.1. The van der Waals surface area contributed by atoms with Gasteiger partial charge in [-0.25, -0.2) is 4.98 Å². The van der Waals surface area contributed by atoms with Gasteiger partial charge in [0.25, 0.3) is 0 Å². The molecule has 0 unspecified atom stereocenters. The van der Waals surface area contributed by atoms with Crippen molar-refractivity contribution < 1.29 is 4.79 Å². The third-order valence-electron chi connectivity index (χ3n) is 1.93. The Bertz CT molecular complexity index is 507. The lowest BCUT2D eigenvalue weighted by atomic mass is 10.2. The van der Waals surface area contributed by atoms with Crippen LogP contribution in [0.2, 0.25) is 0 Å². The number of benzene rings is 1. The molecule has 82 valence electrons. The van der Waals surface area contributed by atoms with Crippen molar-refractivity contribution in [3.8, 4) is 11.3 Å². The Labute approximate surface area is 111 Å². The van der Waals surface area contributed by atoms with Crippen molar-refractivity contribution in [1.82, 2.24) is 4.98 Å². The lowest BCUT2D eigenvalue weighted by Gasteiger charge is -1.96. The molecule has 0 radical (unpaired) electrons. The van der Waals surface area contributed by atoms with E-state index >= 15 is 0 Å². The first kappa shape index (κ1) is 11.5. The van der Waals surface area contributed by atoms with E-state index in [9.17, 15) is 4.79 Å². The summed E-state index contributed by atoms with van der Waals surface area (Å²) in [5.41, 5.74) is 1.96. The fourth-order valence-electron chi connectivity index (χ4n) is 1.23. The first-order valence-corrected chi connectivity index (χ1v) is 6.60. The van der Waals surface area contributed by atoms with Gasteiger partial charge in [-0.15, -0.1) is 11.3 Å². The molecule has 1 N–H and O–H groups in total. The number of aromatic nitrogens is 1. The van der Waals surface area contributed by atoms with Crippen LogP contribution in [-0.2, 0) is 4.79 Å². The van der Waals surface area contributed by atoms with E-state index in [2.05, 4.69) is 32.9 Å². The molecular formula is C11H9IN2OS. The van der Waals surface area contributed by atoms with Gasteiger partial charge < -0.3 is 5.32 Å². The maximum Gasteiger partial charge on any atom is 0.223 e. The lowest BCUT2D eigenvalue weighted by molar-refractivity contribution is -0.114. The van der Waals surface area contributed by atoms with Gasteiger partial charge in [0.1, 0.15) is 0 Å². The van der Waals surface area contributed by atoms with Crippen LogP contribution in [0.4, 0.5) is 5.13 Å². The highest BCUT2D eigenvalue weighted by Crippen LogP contribution is 2.25. The number of carbonyl (C=O) groups is 1. The van der Waals surface area contributed by atoms with Crippen LogP contribution >= 0.6 is 33.9 Å². The summed E-state index contributed by atoms with van der Waals surface area (Å²) >= 11 is 3.69. The highest BCUT2D eigenvalue weighted by atomic mass is 127. The Morgan fingerprint density at radius 1 is 1.38 bits per heavy atom. The Kier molecular flexibility index (Phi) is 3.55. The highest BCUT2D eigenvalue weighted by Gasteiger charge is 2.05. The quantitative estimate of drug-likeness (QED) is 0.849. The Morgan fingerprint density at radius 2 is 2.06 bits per heavy atom. The molecule has 5 heteroatoms. The fraction of sp³-hybridized carbons (Fsp3) is 0.0909. The molecule has 0 atom stereocenters. The molecule has 1 aromatic heterocycles. The second kappa shape index (κ2) is 4.92. The summed E-state index contributed by atoms with van der Waals surface area (Å²) in [5, 5.41) is 5.25. The third-order valence-corrected chi connectivity index (χ3v) is 3.40. The van der Waals surface area contributed by atoms with E-state index in [1.54, 1.807) is 0 Å². The summed E-state index contributed by atoms with van der Waals surface area (Å²) in [6.07, 6.45) is 0. The summed E-state index contributed by atoms with van der Waals surface area (Å²) in [7, 11) is 0. The van der Waals surface area contributed by atoms with Crippen LogP contribution in [0, 0.1) is 3.57 Å². The zero-order valence-electron chi connectivity index (χ0n) is 8.53. The van der Waals surface area contributed by atoms with E-state index in [-0.39, 0.29) is 5.91 Å². The number of thiazole rings is 1. The van der Waals surface area contributed by atoms with Gasteiger partial charge in [-0.1, -0.05) is 12.1 Å². The Morgan fingerprint density at radius 3 is 2.69 bits per heavy atom. The standard InChI is InChI=1S/C11H9IN2OS/c1-7(15)13-11-14-10(6-16-11)8-2-4-9(12)5-3-8/h2-6H,1H3,(H,13,14,15). The minimum absolute atomic E-state index is 0.0940. The second-order valence-corrected chi connectivity index (χ2v) is 5.33. The van der Waals surface area contributed by atoms with Gasteiger partial charge >= 0.3 is 0 Å². The largest absolute Gasteiger partial charge is 0.302 e. The van der Waals surface area contributed by atoms with Crippen LogP contribution < -0.4 is 5.32 Å². The number of hydrogen-bond acceptors (Lipinski definition) is 3. The molecule has 0 aliphatic heterocycles. The van der Waals surface area contributed by atoms with Crippen LogP contribution in [0.3, 0.4) is 0 Å². The van der Waals surface area contributed by atoms with E-state index in [0.29, 0.717) is 5.13 Å². The molecule has 0 saturated heterocycles. The monoisotopic (exact) mass is 344 g/mol. The van der Waals surface area contributed by atoms with Crippen LogP contribution in [0.25, 0.3) is 11.3 Å². The van der Waals surface area contributed by atoms with Crippen LogP contribution in [0.1, 0.15) is 6.92 Å². The third kappa shape index (κ3) is 2.79. The molecule has 0 fully saturated rings. The summed E-state index contributed by atoms with van der Waals surface area (Å²) in [4.78, 5) is 15.2. The van der Waals surface area contributed by atoms with E-state index in [0.717, 1.165) is 11.3 Å². The number of carbonyl (C=O) groups excluding carboxylic acids is 1. The van der Waals surface area contributed by atoms with Crippen molar-refractivity contribution in [2.45, 2.75) is 6.92 Å². The summed E-state index contributed by atoms with van der Waals surface area (Å²) < 4.78 is 1.19. The van der Waals surface area contributed by atoms with Crippen molar-refractivity contribution in [2.24, 2.45) is 0 Å². The van der Waals surface area contributed by atoms with Crippen molar-refractivity contribution in [2.75, 3.05) is 5.32 Å². The second-order valence-electron chi connectivity index (χ2n) is 3.23. The van der Waals surface area contributed by atoms with Crippen LogP contribution in [0.15, 0.2) is 29.6 Å². The summed E-state index contributed by atoms with van der Waals surface area (Å²) in [6.45, 7) is 1.48. The van der Waals surface area contributed by atoms with E-state index in [1.165, 1.54) is 21.8 Å². The van der Waals surface area contributed by atoms with Gasteiger partial charge in [-0.05, 0) is 34.7 Å². The number of halogens is 1. The molecule has 1 heterocycles. The van der Waals surface area contributed by atoms with Gasteiger partial charge in [0.05, 0.1) is 5.69 Å². The molecule has 0 spiro atoms. The maximum absolute atomic E-state index is 10.9. The first-order valence-electron chi connectivity index (χ1n) is 4.64. The fourth-order valence-corrected chi connectivity index (χ4v) is 2.36. The maximum atomic E-state index is 10.9. The average Bonchev–Trinajstić information content (AvgIpc) is 2.66. The van der Waals surface area contributed by atoms with Crippen molar-refractivity contribution in [1.29, 1.82) is 0 Å². The molecule has 0 aliphatic carbocycles.